The van der Waals surface area contributed by atoms with Gasteiger partial charge >= 0.3 is 12.1 Å². The largest absolute Gasteiger partial charge is 0.481 e. The minimum absolute atomic E-state index is 0.604. The number of carboxylic acid groups (broad SMARTS) is 1. The molecular formula is C12H11F3O2. The summed E-state index contributed by atoms with van der Waals surface area (Å²) in [5.41, 5.74) is 0.604. The Balaban J connectivity index is 2.80. The zero-order chi connectivity index (χ0) is 12.9. The maximum Gasteiger partial charge on any atom is 0.395 e. The van der Waals surface area contributed by atoms with Crippen molar-refractivity contribution in [3.63, 3.8) is 0 Å². The molecule has 0 fully saturated rings. The predicted octanol–water partition coefficient (Wildman–Crippen LogP) is 3.35. The van der Waals surface area contributed by atoms with Gasteiger partial charge in [-0.25, -0.2) is 0 Å². The van der Waals surface area contributed by atoms with Gasteiger partial charge in [-0.2, -0.15) is 13.2 Å². The van der Waals surface area contributed by atoms with Gasteiger partial charge in [0, 0.05) is 0 Å². The van der Waals surface area contributed by atoms with Crippen LogP contribution in [0.4, 0.5) is 13.2 Å². The fourth-order valence-electron chi connectivity index (χ4n) is 1.27. The Morgan fingerprint density at radius 3 is 2.35 bits per heavy atom. The van der Waals surface area contributed by atoms with Crippen LogP contribution in [0.3, 0.4) is 0 Å². The van der Waals surface area contributed by atoms with Crippen molar-refractivity contribution >= 4 is 12.0 Å². The normalized spacial score (nSPS) is 13.8. The van der Waals surface area contributed by atoms with Crippen LogP contribution in [0.5, 0.6) is 0 Å². The zero-order valence-corrected chi connectivity index (χ0v) is 8.82. The van der Waals surface area contributed by atoms with Crippen molar-refractivity contribution in [1.82, 2.24) is 0 Å². The average molecular weight is 244 g/mol. The van der Waals surface area contributed by atoms with Crippen LogP contribution in [0.1, 0.15) is 12.0 Å². The standard InChI is InChI=1S/C12H11F3O2/c13-12(14,15)10(8-11(16)17)7-6-9-4-2-1-3-5-9/h1-7,10H,8H2,(H,16,17)/b7-6+. The SMILES string of the molecule is O=C(O)CC(/C=C/c1ccccc1)C(F)(F)F. The summed E-state index contributed by atoms with van der Waals surface area (Å²) in [7, 11) is 0. The topological polar surface area (TPSA) is 37.3 Å². The van der Waals surface area contributed by atoms with Crippen molar-refractivity contribution in [3.05, 3.63) is 42.0 Å². The van der Waals surface area contributed by atoms with Gasteiger partial charge in [0.1, 0.15) is 0 Å². The van der Waals surface area contributed by atoms with Crippen LogP contribution in [-0.2, 0) is 4.79 Å². The van der Waals surface area contributed by atoms with Crippen molar-refractivity contribution in [2.45, 2.75) is 12.6 Å². The zero-order valence-electron chi connectivity index (χ0n) is 8.82. The number of hydrogen-bond donors (Lipinski definition) is 1. The molecule has 0 aliphatic heterocycles. The summed E-state index contributed by atoms with van der Waals surface area (Å²) in [6.07, 6.45) is -3.33. The lowest BCUT2D eigenvalue weighted by Crippen LogP contribution is -2.23. The number of benzene rings is 1. The number of rotatable bonds is 4. The molecule has 17 heavy (non-hydrogen) atoms. The number of halogens is 3. The number of alkyl halides is 3. The molecule has 0 spiro atoms. The summed E-state index contributed by atoms with van der Waals surface area (Å²) in [6.45, 7) is 0. The van der Waals surface area contributed by atoms with E-state index in [1.54, 1.807) is 30.3 Å². The van der Waals surface area contributed by atoms with Crippen LogP contribution < -0.4 is 0 Å². The van der Waals surface area contributed by atoms with Crippen LogP contribution in [0, 0.1) is 5.92 Å². The molecule has 0 bridgehead atoms. The van der Waals surface area contributed by atoms with E-state index in [-0.39, 0.29) is 0 Å². The van der Waals surface area contributed by atoms with Gasteiger partial charge in [0.25, 0.3) is 0 Å². The molecule has 0 amide bonds. The molecule has 0 heterocycles. The second-order valence-electron chi connectivity index (χ2n) is 3.52. The predicted molar refractivity (Wildman–Crippen MR) is 57.3 cm³/mol. The third-order valence-corrected chi connectivity index (χ3v) is 2.14. The van der Waals surface area contributed by atoms with Crippen LogP contribution >= 0.6 is 0 Å². The second kappa shape index (κ2) is 5.52. The Labute approximate surface area is 96.4 Å². The number of allylic oxidation sites excluding steroid dienone is 1. The van der Waals surface area contributed by atoms with E-state index in [2.05, 4.69) is 0 Å². The lowest BCUT2D eigenvalue weighted by molar-refractivity contribution is -0.171. The summed E-state index contributed by atoms with van der Waals surface area (Å²) in [5.74, 6) is -3.43. The molecule has 0 aromatic heterocycles. The van der Waals surface area contributed by atoms with E-state index >= 15 is 0 Å². The Morgan fingerprint density at radius 2 is 1.88 bits per heavy atom. The summed E-state index contributed by atoms with van der Waals surface area (Å²) < 4.78 is 37.4. The van der Waals surface area contributed by atoms with Crippen LogP contribution in [0.2, 0.25) is 0 Å². The molecule has 0 saturated carbocycles. The molecule has 0 radical (unpaired) electrons. The van der Waals surface area contributed by atoms with Crippen molar-refractivity contribution in [1.29, 1.82) is 0 Å². The van der Waals surface area contributed by atoms with E-state index in [0.717, 1.165) is 6.08 Å². The maximum absolute atomic E-state index is 12.5. The third kappa shape index (κ3) is 4.72. The van der Waals surface area contributed by atoms with Crippen molar-refractivity contribution < 1.29 is 23.1 Å². The first-order valence-electron chi connectivity index (χ1n) is 4.91. The Kier molecular flexibility index (Phi) is 4.31. The fraction of sp³-hybridized carbons (Fsp3) is 0.250. The average Bonchev–Trinajstić information content (AvgIpc) is 2.23. The number of carbonyl (C=O) groups is 1. The Hall–Kier alpha value is -1.78. The molecule has 1 rings (SSSR count). The van der Waals surface area contributed by atoms with Gasteiger partial charge in [-0.1, -0.05) is 42.5 Å². The highest BCUT2D eigenvalue weighted by Crippen LogP contribution is 2.30. The third-order valence-electron chi connectivity index (χ3n) is 2.14. The molecule has 1 aromatic rings. The minimum Gasteiger partial charge on any atom is -0.481 e. The lowest BCUT2D eigenvalue weighted by Gasteiger charge is -2.14. The van der Waals surface area contributed by atoms with Crippen LogP contribution in [-0.4, -0.2) is 17.3 Å². The van der Waals surface area contributed by atoms with E-state index in [1.807, 2.05) is 0 Å². The molecule has 92 valence electrons. The Bertz CT molecular complexity index is 396. The van der Waals surface area contributed by atoms with Gasteiger partial charge in [0.2, 0.25) is 0 Å². The van der Waals surface area contributed by atoms with E-state index in [1.165, 1.54) is 6.08 Å². The molecule has 1 atom stereocenters. The summed E-state index contributed by atoms with van der Waals surface area (Å²) in [6, 6.07) is 8.42. The van der Waals surface area contributed by atoms with Gasteiger partial charge in [-0.3, -0.25) is 4.79 Å². The van der Waals surface area contributed by atoms with E-state index < -0.39 is 24.5 Å². The smallest absolute Gasteiger partial charge is 0.395 e. The fourth-order valence-corrected chi connectivity index (χ4v) is 1.27. The molecule has 5 heteroatoms. The van der Waals surface area contributed by atoms with Crippen molar-refractivity contribution in [3.8, 4) is 0 Å². The van der Waals surface area contributed by atoms with E-state index in [4.69, 9.17) is 5.11 Å². The highest BCUT2D eigenvalue weighted by Gasteiger charge is 2.38. The molecule has 1 unspecified atom stereocenters. The lowest BCUT2D eigenvalue weighted by atomic mass is 10.0. The monoisotopic (exact) mass is 244 g/mol. The second-order valence-corrected chi connectivity index (χ2v) is 3.52. The van der Waals surface area contributed by atoms with Crippen LogP contribution in [0.15, 0.2) is 36.4 Å². The molecule has 0 aliphatic carbocycles. The van der Waals surface area contributed by atoms with E-state index in [9.17, 15) is 18.0 Å². The van der Waals surface area contributed by atoms with Gasteiger partial charge in [-0.15, -0.1) is 0 Å². The molecule has 2 nitrogen and oxygen atoms in total. The van der Waals surface area contributed by atoms with Crippen molar-refractivity contribution in [2.75, 3.05) is 0 Å². The number of hydrogen-bond acceptors (Lipinski definition) is 1. The molecule has 0 saturated heterocycles. The van der Waals surface area contributed by atoms with Gasteiger partial charge < -0.3 is 5.11 Å². The highest BCUT2D eigenvalue weighted by molar-refractivity contribution is 5.68. The molecule has 1 N–H and O–H groups in total. The number of aliphatic carboxylic acids is 1. The molecule has 1 aromatic carbocycles. The van der Waals surface area contributed by atoms with Gasteiger partial charge in [0.15, 0.2) is 0 Å². The summed E-state index contributed by atoms with van der Waals surface area (Å²) in [4.78, 5) is 10.3. The first kappa shape index (κ1) is 13.3. The highest BCUT2D eigenvalue weighted by atomic mass is 19.4. The molecular weight excluding hydrogens is 233 g/mol. The summed E-state index contributed by atoms with van der Waals surface area (Å²) in [5, 5.41) is 8.41. The van der Waals surface area contributed by atoms with Crippen molar-refractivity contribution in [2.24, 2.45) is 5.92 Å². The first-order chi connectivity index (χ1) is 7.89. The maximum atomic E-state index is 12.5. The minimum atomic E-state index is -4.54. The first-order valence-corrected chi connectivity index (χ1v) is 4.91. The molecule has 0 aliphatic rings. The Morgan fingerprint density at radius 1 is 1.29 bits per heavy atom. The quantitative estimate of drug-likeness (QED) is 0.881. The van der Waals surface area contributed by atoms with Gasteiger partial charge in [0.05, 0.1) is 12.3 Å². The van der Waals surface area contributed by atoms with Crippen LogP contribution in [0.25, 0.3) is 6.08 Å². The van der Waals surface area contributed by atoms with Gasteiger partial charge in [-0.05, 0) is 5.56 Å². The van der Waals surface area contributed by atoms with E-state index in [0.29, 0.717) is 5.56 Å². The number of carboxylic acids is 1. The summed E-state index contributed by atoms with van der Waals surface area (Å²) >= 11 is 0.